The molecule has 8 heteroatoms. The van der Waals surface area contributed by atoms with Crippen LogP contribution in [0.2, 0.25) is 0 Å². The van der Waals surface area contributed by atoms with E-state index in [0.29, 0.717) is 0 Å². The van der Waals surface area contributed by atoms with Gasteiger partial charge in [-0.1, -0.05) is 0 Å². The molecule has 0 saturated heterocycles. The molecule has 0 aromatic carbocycles. The molecule has 0 saturated carbocycles. The van der Waals surface area contributed by atoms with Gasteiger partial charge in [0.15, 0.2) is 0 Å². The SMILES string of the molecule is CC(C)(C)OC(=O)[C@@H](N)[C@H](O)c1ncccc1C(F)(F)F. The monoisotopic (exact) mass is 306 g/mol. The number of carbonyl (C=O) groups excluding carboxylic acids is 1. The fourth-order valence-electron chi connectivity index (χ4n) is 1.56. The molecule has 0 unspecified atom stereocenters. The van der Waals surface area contributed by atoms with Crippen LogP contribution in [0.25, 0.3) is 0 Å². The standard InChI is InChI=1S/C13H17F3N2O3/c1-12(2,3)21-11(20)8(17)10(19)9-7(13(14,15)16)5-4-6-18-9/h4-6,8,10,19H,17H2,1-3H3/t8-,10-/m0/s1. The molecule has 0 aliphatic rings. The molecule has 0 fully saturated rings. The molecule has 0 aliphatic heterocycles. The zero-order valence-electron chi connectivity index (χ0n) is 11.8. The molecule has 3 N–H and O–H groups in total. The Bertz CT molecular complexity index is 512. The number of halogens is 3. The number of alkyl halides is 3. The van der Waals surface area contributed by atoms with Crippen LogP contribution < -0.4 is 5.73 Å². The van der Waals surface area contributed by atoms with E-state index in [1.807, 2.05) is 0 Å². The van der Waals surface area contributed by atoms with E-state index in [-0.39, 0.29) is 0 Å². The van der Waals surface area contributed by atoms with E-state index in [1.165, 1.54) is 0 Å². The Morgan fingerprint density at radius 3 is 2.43 bits per heavy atom. The number of aliphatic hydroxyl groups excluding tert-OH is 1. The normalized spacial score (nSPS) is 15.4. The molecule has 1 aromatic heterocycles. The molecule has 118 valence electrons. The molecule has 1 rings (SSSR count). The van der Waals surface area contributed by atoms with Crippen molar-refractivity contribution >= 4 is 5.97 Å². The summed E-state index contributed by atoms with van der Waals surface area (Å²) in [7, 11) is 0. The zero-order valence-corrected chi connectivity index (χ0v) is 11.8. The molecule has 0 aliphatic carbocycles. The summed E-state index contributed by atoms with van der Waals surface area (Å²) in [5, 5.41) is 9.91. The van der Waals surface area contributed by atoms with Crippen LogP contribution in [0.1, 0.15) is 38.1 Å². The Balaban J connectivity index is 3.04. The minimum Gasteiger partial charge on any atom is -0.459 e. The van der Waals surface area contributed by atoms with E-state index in [4.69, 9.17) is 10.5 Å². The second kappa shape index (κ2) is 5.98. The first-order chi connectivity index (χ1) is 9.43. The first kappa shape index (κ1) is 17.4. The largest absolute Gasteiger partial charge is 0.459 e. The third kappa shape index (κ3) is 4.68. The molecule has 0 spiro atoms. The quantitative estimate of drug-likeness (QED) is 0.832. The third-order valence-electron chi connectivity index (χ3n) is 2.44. The summed E-state index contributed by atoms with van der Waals surface area (Å²) in [5.41, 5.74) is 2.76. The first-order valence-electron chi connectivity index (χ1n) is 6.12. The van der Waals surface area contributed by atoms with Gasteiger partial charge in [-0.15, -0.1) is 0 Å². The number of rotatable bonds is 3. The molecule has 0 amide bonds. The van der Waals surface area contributed by atoms with Crippen LogP contribution in [0.15, 0.2) is 18.3 Å². The van der Waals surface area contributed by atoms with E-state index in [1.54, 1.807) is 20.8 Å². The lowest BCUT2D eigenvalue weighted by atomic mass is 10.0. The highest BCUT2D eigenvalue weighted by Crippen LogP contribution is 2.34. The van der Waals surface area contributed by atoms with Crippen LogP contribution in [0.4, 0.5) is 13.2 Å². The van der Waals surface area contributed by atoms with Gasteiger partial charge in [-0.05, 0) is 32.9 Å². The summed E-state index contributed by atoms with van der Waals surface area (Å²) in [6, 6.07) is 0.172. The summed E-state index contributed by atoms with van der Waals surface area (Å²) in [5.74, 6) is -1.01. The number of nitrogens with zero attached hydrogens (tertiary/aromatic N) is 1. The van der Waals surface area contributed by atoms with E-state index in [9.17, 15) is 23.1 Å². The van der Waals surface area contributed by atoms with Gasteiger partial charge >= 0.3 is 12.1 Å². The second-order valence-corrected chi connectivity index (χ2v) is 5.44. The Hall–Kier alpha value is -1.67. The van der Waals surface area contributed by atoms with Gasteiger partial charge in [-0.3, -0.25) is 9.78 Å². The molecule has 0 bridgehead atoms. The smallest absolute Gasteiger partial charge is 0.418 e. The van der Waals surface area contributed by atoms with Crippen molar-refractivity contribution in [2.75, 3.05) is 0 Å². The number of esters is 1. The van der Waals surface area contributed by atoms with E-state index in [2.05, 4.69) is 4.98 Å². The molecule has 5 nitrogen and oxygen atoms in total. The molecule has 0 radical (unpaired) electrons. The van der Waals surface area contributed by atoms with Crippen LogP contribution in [0.3, 0.4) is 0 Å². The van der Waals surface area contributed by atoms with Crippen molar-refractivity contribution in [3.63, 3.8) is 0 Å². The van der Waals surface area contributed by atoms with E-state index in [0.717, 1.165) is 18.3 Å². The number of aromatic nitrogens is 1. The number of nitrogens with two attached hydrogens (primary N) is 1. The van der Waals surface area contributed by atoms with Crippen LogP contribution in [-0.4, -0.2) is 27.7 Å². The fourth-order valence-corrected chi connectivity index (χ4v) is 1.56. The molecule has 21 heavy (non-hydrogen) atoms. The highest BCUT2D eigenvalue weighted by Gasteiger charge is 2.39. The molecular weight excluding hydrogens is 289 g/mol. The zero-order chi connectivity index (χ0) is 16.4. The fraction of sp³-hybridized carbons (Fsp3) is 0.538. The third-order valence-corrected chi connectivity index (χ3v) is 2.44. The maximum Gasteiger partial charge on any atom is 0.418 e. The molecule has 2 atom stereocenters. The second-order valence-electron chi connectivity index (χ2n) is 5.44. The summed E-state index contributed by atoms with van der Waals surface area (Å²) in [6.45, 7) is 4.73. The van der Waals surface area contributed by atoms with Gasteiger partial charge in [-0.25, -0.2) is 0 Å². The van der Waals surface area contributed by atoms with Crippen molar-refractivity contribution < 1.29 is 27.8 Å². The van der Waals surface area contributed by atoms with Crippen LogP contribution in [0.5, 0.6) is 0 Å². The number of aliphatic hydroxyl groups is 1. The lowest BCUT2D eigenvalue weighted by Crippen LogP contribution is -2.42. The Kier molecular flexibility index (Phi) is 4.95. The van der Waals surface area contributed by atoms with Gasteiger partial charge in [-0.2, -0.15) is 13.2 Å². The topological polar surface area (TPSA) is 85.4 Å². The summed E-state index contributed by atoms with van der Waals surface area (Å²) >= 11 is 0. The maximum atomic E-state index is 12.8. The summed E-state index contributed by atoms with van der Waals surface area (Å²) in [4.78, 5) is 15.2. The van der Waals surface area contributed by atoms with Gasteiger partial charge in [0.05, 0.1) is 11.3 Å². The predicted molar refractivity (Wildman–Crippen MR) is 68.0 cm³/mol. The lowest BCUT2D eigenvalue weighted by Gasteiger charge is -2.25. The van der Waals surface area contributed by atoms with Crippen molar-refractivity contribution in [3.05, 3.63) is 29.6 Å². The Morgan fingerprint density at radius 2 is 1.95 bits per heavy atom. The number of ether oxygens (including phenoxy) is 1. The number of carbonyl (C=O) groups is 1. The molecule has 1 heterocycles. The number of hydrogen-bond acceptors (Lipinski definition) is 5. The Morgan fingerprint density at radius 1 is 1.38 bits per heavy atom. The van der Waals surface area contributed by atoms with Crippen molar-refractivity contribution in [2.24, 2.45) is 5.73 Å². The van der Waals surface area contributed by atoms with Crippen molar-refractivity contribution in [3.8, 4) is 0 Å². The van der Waals surface area contributed by atoms with Gasteiger partial charge in [0.25, 0.3) is 0 Å². The van der Waals surface area contributed by atoms with Gasteiger partial charge in [0.1, 0.15) is 17.7 Å². The summed E-state index contributed by atoms with van der Waals surface area (Å²) in [6.07, 6.45) is -5.55. The van der Waals surface area contributed by atoms with Gasteiger partial charge in [0, 0.05) is 6.20 Å². The minimum atomic E-state index is -4.71. The van der Waals surface area contributed by atoms with Gasteiger partial charge in [0.2, 0.25) is 0 Å². The van der Waals surface area contributed by atoms with Crippen molar-refractivity contribution in [1.29, 1.82) is 0 Å². The van der Waals surface area contributed by atoms with E-state index >= 15 is 0 Å². The van der Waals surface area contributed by atoms with Crippen LogP contribution in [-0.2, 0) is 15.7 Å². The number of hydrogen-bond donors (Lipinski definition) is 2. The van der Waals surface area contributed by atoms with Crippen molar-refractivity contribution in [2.45, 2.75) is 44.7 Å². The molecule has 1 aromatic rings. The lowest BCUT2D eigenvalue weighted by molar-refractivity contribution is -0.160. The minimum absolute atomic E-state index is 0.705. The molecular formula is C13H17F3N2O3. The van der Waals surface area contributed by atoms with Gasteiger partial charge < -0.3 is 15.6 Å². The highest BCUT2D eigenvalue weighted by atomic mass is 19.4. The van der Waals surface area contributed by atoms with Crippen LogP contribution >= 0.6 is 0 Å². The first-order valence-corrected chi connectivity index (χ1v) is 6.12. The van der Waals surface area contributed by atoms with Crippen molar-refractivity contribution in [1.82, 2.24) is 4.98 Å². The van der Waals surface area contributed by atoms with E-state index < -0.39 is 41.1 Å². The average Bonchev–Trinajstić information content (AvgIpc) is 2.34. The number of pyridine rings is 1. The maximum absolute atomic E-state index is 12.8. The predicted octanol–water partition coefficient (Wildman–Crippen LogP) is 1.80. The summed E-state index contributed by atoms with van der Waals surface area (Å²) < 4.78 is 43.4. The Labute approximate surface area is 119 Å². The van der Waals surface area contributed by atoms with Crippen LogP contribution in [0, 0.1) is 0 Å². The average molecular weight is 306 g/mol. The highest BCUT2D eigenvalue weighted by molar-refractivity contribution is 5.77.